The quantitative estimate of drug-likeness (QED) is 0.0725. The van der Waals surface area contributed by atoms with Crippen LogP contribution in [0.5, 0.6) is 0 Å². The van der Waals surface area contributed by atoms with Gasteiger partial charge in [-0.05, 0) is 18.4 Å². The van der Waals surface area contributed by atoms with Crippen LogP contribution >= 0.6 is 0 Å². The third-order valence-electron chi connectivity index (χ3n) is 10.2. The SMILES string of the molecule is CCCCCCCCCCCCCCCCCCC(CCCCCCCCCCCCCCCCCC)NCc1ccccc1. The van der Waals surface area contributed by atoms with Gasteiger partial charge in [-0.25, -0.2) is 0 Å². The average Bonchev–Trinajstić information content (AvgIpc) is 3.06. The Labute approximate surface area is 285 Å². The van der Waals surface area contributed by atoms with Gasteiger partial charge < -0.3 is 5.32 Å². The highest BCUT2D eigenvalue weighted by molar-refractivity contribution is 5.14. The topological polar surface area (TPSA) is 12.0 Å². The van der Waals surface area contributed by atoms with Gasteiger partial charge in [0.15, 0.2) is 0 Å². The summed E-state index contributed by atoms with van der Waals surface area (Å²) in [6.07, 6.45) is 49.2. The van der Waals surface area contributed by atoms with Crippen molar-refractivity contribution in [2.75, 3.05) is 0 Å². The van der Waals surface area contributed by atoms with Crippen molar-refractivity contribution in [2.24, 2.45) is 0 Å². The van der Waals surface area contributed by atoms with Crippen LogP contribution in [-0.2, 0) is 6.54 Å². The molecule has 0 fully saturated rings. The van der Waals surface area contributed by atoms with E-state index >= 15 is 0 Å². The predicted octanol–water partition coefficient (Wildman–Crippen LogP) is 15.4. The summed E-state index contributed by atoms with van der Waals surface area (Å²) >= 11 is 0. The number of hydrogen-bond donors (Lipinski definition) is 1. The molecule has 0 bridgehead atoms. The van der Waals surface area contributed by atoms with E-state index in [4.69, 9.17) is 0 Å². The molecule has 0 saturated carbocycles. The lowest BCUT2D eigenvalue weighted by Gasteiger charge is -2.19. The molecule has 0 aliphatic carbocycles. The Bertz CT molecular complexity index is 618. The van der Waals surface area contributed by atoms with Crippen LogP contribution in [0, 0.1) is 0 Å². The predicted molar refractivity (Wildman–Crippen MR) is 205 cm³/mol. The Morgan fingerprint density at radius 1 is 0.356 bits per heavy atom. The maximum Gasteiger partial charge on any atom is 0.0208 e. The Kier molecular flexibility index (Phi) is 33.8. The van der Waals surface area contributed by atoms with Crippen LogP contribution in [0.15, 0.2) is 30.3 Å². The maximum absolute atomic E-state index is 3.94. The first kappa shape index (κ1) is 42.2. The molecule has 264 valence electrons. The zero-order valence-corrected chi connectivity index (χ0v) is 31.2. The van der Waals surface area contributed by atoms with Crippen LogP contribution < -0.4 is 5.32 Å². The standard InChI is InChI=1S/C44H83N/c1-3-5-7-9-11-13-15-17-19-21-23-25-27-29-31-36-40-44(45-42-43-38-34-33-35-39-43)41-37-32-30-28-26-24-22-20-18-16-14-12-10-8-6-4-2/h33-35,38-39,44-45H,3-32,36-37,40-42H2,1-2H3. The van der Waals surface area contributed by atoms with Gasteiger partial charge in [-0.15, -0.1) is 0 Å². The fraction of sp³-hybridized carbons (Fsp3) is 0.864. The van der Waals surface area contributed by atoms with E-state index in [-0.39, 0.29) is 0 Å². The minimum atomic E-state index is 0.698. The third kappa shape index (κ3) is 31.5. The van der Waals surface area contributed by atoms with Gasteiger partial charge in [-0.3, -0.25) is 0 Å². The van der Waals surface area contributed by atoms with E-state index in [1.54, 1.807) is 0 Å². The molecule has 0 amide bonds. The summed E-state index contributed by atoms with van der Waals surface area (Å²) < 4.78 is 0. The molecule has 0 unspecified atom stereocenters. The smallest absolute Gasteiger partial charge is 0.0208 e. The number of unbranched alkanes of at least 4 members (excludes halogenated alkanes) is 30. The second-order valence-electron chi connectivity index (χ2n) is 14.7. The van der Waals surface area contributed by atoms with E-state index < -0.39 is 0 Å². The zero-order valence-electron chi connectivity index (χ0n) is 31.2. The van der Waals surface area contributed by atoms with Crippen molar-refractivity contribution in [1.82, 2.24) is 5.32 Å². The molecule has 0 heterocycles. The van der Waals surface area contributed by atoms with E-state index in [9.17, 15) is 0 Å². The minimum Gasteiger partial charge on any atom is -0.310 e. The monoisotopic (exact) mass is 626 g/mol. The summed E-state index contributed by atoms with van der Waals surface area (Å²) in [7, 11) is 0. The molecule has 0 aliphatic rings. The van der Waals surface area contributed by atoms with Gasteiger partial charge in [0, 0.05) is 12.6 Å². The largest absolute Gasteiger partial charge is 0.310 e. The highest BCUT2D eigenvalue weighted by Crippen LogP contribution is 2.18. The molecule has 1 rings (SSSR count). The summed E-state index contributed by atoms with van der Waals surface area (Å²) in [4.78, 5) is 0. The first-order chi connectivity index (χ1) is 22.4. The van der Waals surface area contributed by atoms with E-state index in [0.717, 1.165) is 6.54 Å². The summed E-state index contributed by atoms with van der Waals surface area (Å²) in [6.45, 7) is 5.65. The van der Waals surface area contributed by atoms with Gasteiger partial charge in [0.25, 0.3) is 0 Å². The molecular weight excluding hydrogens is 542 g/mol. The van der Waals surface area contributed by atoms with Crippen LogP contribution in [0.3, 0.4) is 0 Å². The second kappa shape index (κ2) is 36.0. The minimum absolute atomic E-state index is 0.698. The van der Waals surface area contributed by atoms with Gasteiger partial charge in [-0.1, -0.05) is 250 Å². The Hall–Kier alpha value is -0.820. The summed E-state index contributed by atoms with van der Waals surface area (Å²) in [6, 6.07) is 11.7. The number of rotatable bonds is 37. The Balaban J connectivity index is 2.00. The van der Waals surface area contributed by atoms with Crippen LogP contribution in [0.1, 0.15) is 238 Å². The molecule has 1 aromatic rings. The zero-order chi connectivity index (χ0) is 32.1. The van der Waals surface area contributed by atoms with E-state index in [2.05, 4.69) is 49.5 Å². The Morgan fingerprint density at radius 3 is 0.911 bits per heavy atom. The lowest BCUT2D eigenvalue weighted by atomic mass is 9.99. The lowest BCUT2D eigenvalue weighted by molar-refractivity contribution is 0.409. The van der Waals surface area contributed by atoms with Crippen molar-refractivity contribution in [3.05, 3.63) is 35.9 Å². The van der Waals surface area contributed by atoms with E-state index in [1.165, 1.54) is 224 Å². The fourth-order valence-corrected chi connectivity index (χ4v) is 7.08. The van der Waals surface area contributed by atoms with Crippen molar-refractivity contribution in [1.29, 1.82) is 0 Å². The van der Waals surface area contributed by atoms with Crippen LogP contribution in [0.4, 0.5) is 0 Å². The molecule has 0 radical (unpaired) electrons. The molecule has 1 aromatic carbocycles. The molecule has 1 N–H and O–H groups in total. The van der Waals surface area contributed by atoms with Gasteiger partial charge in [0.2, 0.25) is 0 Å². The van der Waals surface area contributed by atoms with Crippen LogP contribution in [0.25, 0.3) is 0 Å². The van der Waals surface area contributed by atoms with Crippen LogP contribution in [0.2, 0.25) is 0 Å². The molecule has 0 atom stereocenters. The highest BCUT2D eigenvalue weighted by atomic mass is 14.9. The van der Waals surface area contributed by atoms with E-state index in [0.29, 0.717) is 6.04 Å². The molecule has 0 spiro atoms. The summed E-state index contributed by atoms with van der Waals surface area (Å²) in [5.41, 5.74) is 1.43. The molecule has 0 aromatic heterocycles. The average molecular weight is 626 g/mol. The highest BCUT2D eigenvalue weighted by Gasteiger charge is 2.08. The molecule has 1 nitrogen and oxygen atoms in total. The molecular formula is C44H83N. The summed E-state index contributed by atoms with van der Waals surface area (Å²) in [5, 5.41) is 3.94. The van der Waals surface area contributed by atoms with Crippen molar-refractivity contribution < 1.29 is 0 Å². The Morgan fingerprint density at radius 2 is 0.622 bits per heavy atom. The number of hydrogen-bond acceptors (Lipinski definition) is 1. The second-order valence-corrected chi connectivity index (χ2v) is 14.7. The van der Waals surface area contributed by atoms with Gasteiger partial charge >= 0.3 is 0 Å². The first-order valence-corrected chi connectivity index (χ1v) is 21.1. The maximum atomic E-state index is 3.94. The molecule has 0 saturated heterocycles. The van der Waals surface area contributed by atoms with Gasteiger partial charge in [0.05, 0.1) is 0 Å². The first-order valence-electron chi connectivity index (χ1n) is 21.1. The number of benzene rings is 1. The normalized spacial score (nSPS) is 11.6. The van der Waals surface area contributed by atoms with E-state index in [1.807, 2.05) is 0 Å². The summed E-state index contributed by atoms with van der Waals surface area (Å²) in [5.74, 6) is 0. The molecule has 45 heavy (non-hydrogen) atoms. The van der Waals surface area contributed by atoms with Crippen molar-refractivity contribution in [2.45, 2.75) is 245 Å². The van der Waals surface area contributed by atoms with Crippen molar-refractivity contribution in [3.63, 3.8) is 0 Å². The fourth-order valence-electron chi connectivity index (χ4n) is 7.08. The van der Waals surface area contributed by atoms with Crippen molar-refractivity contribution >= 4 is 0 Å². The number of nitrogens with one attached hydrogen (secondary N) is 1. The van der Waals surface area contributed by atoms with Gasteiger partial charge in [0.1, 0.15) is 0 Å². The molecule has 0 aliphatic heterocycles. The third-order valence-corrected chi connectivity index (χ3v) is 10.2. The van der Waals surface area contributed by atoms with Gasteiger partial charge in [-0.2, -0.15) is 0 Å². The molecule has 1 heteroatoms. The van der Waals surface area contributed by atoms with Crippen LogP contribution in [-0.4, -0.2) is 6.04 Å². The lowest BCUT2D eigenvalue weighted by Crippen LogP contribution is -2.28. The van der Waals surface area contributed by atoms with Crippen molar-refractivity contribution in [3.8, 4) is 0 Å².